The molecule has 0 spiro atoms. The van der Waals surface area contributed by atoms with Crippen molar-refractivity contribution in [3.05, 3.63) is 34.9 Å². The zero-order valence-electron chi connectivity index (χ0n) is 10.7. The topological polar surface area (TPSA) is 40.5 Å². The van der Waals surface area contributed by atoms with Crippen LogP contribution in [-0.4, -0.2) is 10.2 Å². The van der Waals surface area contributed by atoms with Crippen LogP contribution in [0.25, 0.3) is 0 Å². The van der Waals surface area contributed by atoms with Crippen molar-refractivity contribution >= 4 is 0 Å². The van der Waals surface area contributed by atoms with Gasteiger partial charge in [0.05, 0.1) is 0 Å². The van der Waals surface area contributed by atoms with Gasteiger partial charge in [0.15, 0.2) is 0 Å². The number of benzene rings is 1. The van der Waals surface area contributed by atoms with E-state index in [1.54, 1.807) is 12.1 Å². The van der Waals surface area contributed by atoms with E-state index in [4.69, 9.17) is 0 Å². The molecule has 1 aromatic rings. The van der Waals surface area contributed by atoms with Crippen molar-refractivity contribution in [1.82, 2.24) is 0 Å². The predicted molar refractivity (Wildman–Crippen MR) is 69.4 cm³/mol. The van der Waals surface area contributed by atoms with Gasteiger partial charge in [-0.05, 0) is 50.3 Å². The van der Waals surface area contributed by atoms with E-state index in [2.05, 4.69) is 19.9 Å². The third-order valence-corrected chi connectivity index (χ3v) is 3.69. The minimum Gasteiger partial charge on any atom is -0.507 e. The maximum atomic E-state index is 10.0. The van der Waals surface area contributed by atoms with Crippen molar-refractivity contribution in [3.63, 3.8) is 0 Å². The number of hydrogen-bond donors (Lipinski definition) is 2. The van der Waals surface area contributed by atoms with Crippen LogP contribution in [0.3, 0.4) is 0 Å². The van der Waals surface area contributed by atoms with Gasteiger partial charge in [-0.3, -0.25) is 0 Å². The van der Waals surface area contributed by atoms with E-state index in [1.807, 2.05) is 6.92 Å². The molecule has 1 aliphatic rings. The number of hydrogen-bond acceptors (Lipinski definition) is 2. The molecule has 17 heavy (non-hydrogen) atoms. The van der Waals surface area contributed by atoms with Crippen LogP contribution in [0.2, 0.25) is 0 Å². The average molecular weight is 232 g/mol. The molecule has 1 aliphatic carbocycles. The van der Waals surface area contributed by atoms with Crippen molar-refractivity contribution in [1.29, 1.82) is 0 Å². The molecule has 92 valence electrons. The molecule has 1 aromatic carbocycles. The van der Waals surface area contributed by atoms with Gasteiger partial charge >= 0.3 is 0 Å². The highest BCUT2D eigenvalue weighted by Crippen LogP contribution is 2.43. The minimum absolute atomic E-state index is 0.129. The summed E-state index contributed by atoms with van der Waals surface area (Å²) in [5, 5.41) is 20.1. The first-order chi connectivity index (χ1) is 7.99. The van der Waals surface area contributed by atoms with Gasteiger partial charge in [-0.25, -0.2) is 0 Å². The zero-order chi connectivity index (χ0) is 12.6. The molecule has 0 heterocycles. The molecule has 0 saturated heterocycles. The highest BCUT2D eigenvalue weighted by molar-refractivity contribution is 5.50. The summed E-state index contributed by atoms with van der Waals surface area (Å²) in [5.74, 6) is 1.01. The van der Waals surface area contributed by atoms with E-state index >= 15 is 0 Å². The summed E-state index contributed by atoms with van der Waals surface area (Å²) in [6.45, 7) is 6.15. The zero-order valence-corrected chi connectivity index (χ0v) is 10.7. The summed E-state index contributed by atoms with van der Waals surface area (Å²) < 4.78 is 0. The summed E-state index contributed by atoms with van der Waals surface area (Å²) in [7, 11) is 0. The molecule has 0 aliphatic heterocycles. The molecule has 0 radical (unpaired) electrons. The van der Waals surface area contributed by atoms with Crippen LogP contribution < -0.4 is 0 Å². The first-order valence-electron chi connectivity index (χ1n) is 6.19. The van der Waals surface area contributed by atoms with Crippen LogP contribution in [-0.2, 0) is 0 Å². The molecule has 0 fully saturated rings. The summed E-state index contributed by atoms with van der Waals surface area (Å²) in [5.41, 5.74) is 2.91. The molecule has 2 nitrogen and oxygen atoms in total. The number of phenols is 2. The van der Waals surface area contributed by atoms with Gasteiger partial charge < -0.3 is 10.2 Å². The van der Waals surface area contributed by atoms with Crippen LogP contribution in [0.5, 0.6) is 11.5 Å². The Morgan fingerprint density at radius 1 is 1.12 bits per heavy atom. The summed E-state index contributed by atoms with van der Waals surface area (Å²) >= 11 is 0. The van der Waals surface area contributed by atoms with Gasteiger partial charge in [-0.1, -0.05) is 18.6 Å². The molecule has 0 amide bonds. The van der Waals surface area contributed by atoms with E-state index in [1.165, 1.54) is 5.57 Å². The highest BCUT2D eigenvalue weighted by atomic mass is 16.3. The molecule has 2 heteroatoms. The largest absolute Gasteiger partial charge is 0.507 e. The fraction of sp³-hybridized carbons (Fsp3) is 0.467. The summed E-state index contributed by atoms with van der Waals surface area (Å²) in [6, 6.07) is 3.44. The van der Waals surface area contributed by atoms with Crippen LogP contribution in [0.1, 0.15) is 43.7 Å². The number of rotatable bonds is 1. The first-order valence-corrected chi connectivity index (χ1v) is 6.19. The van der Waals surface area contributed by atoms with Gasteiger partial charge in [0.1, 0.15) is 11.5 Å². The van der Waals surface area contributed by atoms with Gasteiger partial charge in [-0.15, -0.1) is 0 Å². The van der Waals surface area contributed by atoms with Gasteiger partial charge in [0.25, 0.3) is 0 Å². The Morgan fingerprint density at radius 3 is 2.29 bits per heavy atom. The Kier molecular flexibility index (Phi) is 3.14. The fourth-order valence-corrected chi connectivity index (χ4v) is 2.66. The van der Waals surface area contributed by atoms with E-state index < -0.39 is 0 Å². The van der Waals surface area contributed by atoms with E-state index in [0.717, 1.165) is 18.4 Å². The molecule has 2 atom stereocenters. The van der Waals surface area contributed by atoms with Crippen molar-refractivity contribution in [2.24, 2.45) is 5.92 Å². The van der Waals surface area contributed by atoms with Gasteiger partial charge in [0, 0.05) is 11.5 Å². The van der Waals surface area contributed by atoms with E-state index in [-0.39, 0.29) is 17.4 Å². The van der Waals surface area contributed by atoms with Crippen LogP contribution in [0.15, 0.2) is 23.8 Å². The lowest BCUT2D eigenvalue weighted by atomic mass is 9.77. The summed E-state index contributed by atoms with van der Waals surface area (Å²) in [4.78, 5) is 0. The third-order valence-electron chi connectivity index (χ3n) is 3.69. The fourth-order valence-electron chi connectivity index (χ4n) is 2.66. The maximum Gasteiger partial charge on any atom is 0.123 e. The van der Waals surface area contributed by atoms with Crippen molar-refractivity contribution < 1.29 is 10.2 Å². The highest BCUT2D eigenvalue weighted by Gasteiger charge is 2.26. The van der Waals surface area contributed by atoms with Crippen LogP contribution in [0.4, 0.5) is 0 Å². The second-order valence-corrected chi connectivity index (χ2v) is 5.27. The number of aromatic hydroxyl groups is 2. The lowest BCUT2D eigenvalue weighted by Gasteiger charge is -2.28. The lowest BCUT2D eigenvalue weighted by molar-refractivity contribution is 0.397. The number of aryl methyl sites for hydroxylation is 1. The molecular weight excluding hydrogens is 212 g/mol. The average Bonchev–Trinajstić information content (AvgIpc) is 2.21. The summed E-state index contributed by atoms with van der Waals surface area (Å²) in [6.07, 6.45) is 4.41. The predicted octanol–water partition coefficient (Wildman–Crippen LogP) is 3.87. The van der Waals surface area contributed by atoms with Crippen molar-refractivity contribution in [3.8, 4) is 11.5 Å². The third kappa shape index (κ3) is 2.31. The second kappa shape index (κ2) is 4.44. The number of phenolic OH excluding ortho intramolecular Hbond substituents is 2. The second-order valence-electron chi connectivity index (χ2n) is 5.27. The minimum atomic E-state index is 0.129. The van der Waals surface area contributed by atoms with Crippen molar-refractivity contribution in [2.75, 3.05) is 0 Å². The molecule has 0 saturated carbocycles. The maximum absolute atomic E-state index is 10.0. The normalized spacial score (nSPS) is 24.5. The Balaban J connectivity index is 2.49. The lowest BCUT2D eigenvalue weighted by Crippen LogP contribution is -2.13. The van der Waals surface area contributed by atoms with E-state index in [9.17, 15) is 10.2 Å². The van der Waals surface area contributed by atoms with Gasteiger partial charge in [0.2, 0.25) is 0 Å². The molecule has 2 N–H and O–H groups in total. The molecule has 2 unspecified atom stereocenters. The Morgan fingerprint density at radius 2 is 1.71 bits per heavy atom. The van der Waals surface area contributed by atoms with Crippen molar-refractivity contribution in [2.45, 2.75) is 39.5 Å². The molecule has 0 bridgehead atoms. The first kappa shape index (κ1) is 12.0. The SMILES string of the molecule is CC1=CC(c2c(O)cc(C)cc2O)C(C)CC1. The number of allylic oxidation sites excluding steroid dienone is 2. The Hall–Kier alpha value is -1.44. The molecular formula is C15H20O2. The quantitative estimate of drug-likeness (QED) is 0.722. The smallest absolute Gasteiger partial charge is 0.123 e. The molecule has 0 aromatic heterocycles. The molecule has 2 rings (SSSR count). The van der Waals surface area contributed by atoms with Crippen LogP contribution >= 0.6 is 0 Å². The Labute approximate surface area is 103 Å². The standard InChI is InChI=1S/C15H20O2/c1-9-4-5-11(3)12(6-9)15-13(16)7-10(2)8-14(15)17/h6-8,11-12,16-17H,4-5H2,1-3H3. The van der Waals surface area contributed by atoms with Crippen LogP contribution in [0, 0.1) is 12.8 Å². The Bertz CT molecular complexity index is 437. The van der Waals surface area contributed by atoms with Gasteiger partial charge in [-0.2, -0.15) is 0 Å². The monoisotopic (exact) mass is 232 g/mol. The van der Waals surface area contributed by atoms with E-state index in [0.29, 0.717) is 11.5 Å².